The molecule has 3 amide bonds. The van der Waals surface area contributed by atoms with E-state index in [4.69, 9.17) is 17.3 Å². The molecule has 0 spiro atoms. The van der Waals surface area contributed by atoms with Crippen molar-refractivity contribution in [1.82, 2.24) is 10.2 Å². The molecule has 2 rings (SSSR count). The van der Waals surface area contributed by atoms with Crippen LogP contribution in [0, 0.1) is 0 Å². The number of amides is 3. The molecule has 1 aromatic carbocycles. The molecule has 1 aromatic rings. The second-order valence-corrected chi connectivity index (χ2v) is 6.31. The first-order valence-corrected chi connectivity index (χ1v) is 7.95. The predicted molar refractivity (Wildman–Crippen MR) is 88.1 cm³/mol. The first-order chi connectivity index (χ1) is 11.3. The number of nitrogens with one attached hydrogen (secondary N) is 1. The molecule has 0 unspecified atom stereocenters. The van der Waals surface area contributed by atoms with Gasteiger partial charge in [0.15, 0.2) is 0 Å². The van der Waals surface area contributed by atoms with Gasteiger partial charge in [-0.3, -0.25) is 14.4 Å². The van der Waals surface area contributed by atoms with E-state index in [1.807, 2.05) is 0 Å². The Bertz CT molecular complexity index is 635. The summed E-state index contributed by atoms with van der Waals surface area (Å²) in [7, 11) is 0. The van der Waals surface area contributed by atoms with Gasteiger partial charge >= 0.3 is 0 Å². The molecule has 130 valence electrons. The third kappa shape index (κ3) is 4.46. The molecule has 8 heteroatoms. The molecule has 1 fully saturated rings. The monoisotopic (exact) mass is 353 g/mol. The summed E-state index contributed by atoms with van der Waals surface area (Å²) >= 11 is 5.82. The fourth-order valence-electron chi connectivity index (χ4n) is 2.76. The summed E-state index contributed by atoms with van der Waals surface area (Å²) in [5.74, 6) is -1.48. The van der Waals surface area contributed by atoms with Crippen LogP contribution in [0.3, 0.4) is 0 Å². The van der Waals surface area contributed by atoms with Crippen LogP contribution in [-0.2, 0) is 20.8 Å². The van der Waals surface area contributed by atoms with E-state index >= 15 is 0 Å². The number of halogens is 1. The van der Waals surface area contributed by atoms with Gasteiger partial charge in [-0.25, -0.2) is 0 Å². The Morgan fingerprint density at radius 1 is 1.38 bits per heavy atom. The van der Waals surface area contributed by atoms with Crippen LogP contribution in [0.1, 0.15) is 18.9 Å². The first-order valence-electron chi connectivity index (χ1n) is 7.57. The van der Waals surface area contributed by atoms with Gasteiger partial charge in [-0.1, -0.05) is 23.7 Å². The zero-order chi connectivity index (χ0) is 17.9. The van der Waals surface area contributed by atoms with Gasteiger partial charge in [-0.05, 0) is 17.7 Å². The standard InChI is InChI=1S/C16H20ClN3O4/c1-9(21)20-8-12(22)7-14(20)16(24)19-13(15(18)23)6-10-2-4-11(17)5-3-10/h2-5,12-14,22H,6-8H2,1H3,(H2,18,23)(H,19,24)/t12-,13+,14+/m1/s1. The van der Waals surface area contributed by atoms with Crippen LogP contribution in [0.4, 0.5) is 0 Å². The average Bonchev–Trinajstić information content (AvgIpc) is 2.91. The van der Waals surface area contributed by atoms with E-state index in [-0.39, 0.29) is 25.3 Å². The maximum Gasteiger partial charge on any atom is 0.243 e. The van der Waals surface area contributed by atoms with Gasteiger partial charge in [0, 0.05) is 31.3 Å². The summed E-state index contributed by atoms with van der Waals surface area (Å²) < 4.78 is 0. The number of aliphatic hydroxyl groups is 1. The number of β-amino-alcohol motifs (C(OH)–C–C–N with tert-alkyl or cyclic N) is 1. The molecule has 1 aliphatic rings. The lowest BCUT2D eigenvalue weighted by molar-refractivity contribution is -0.138. The highest BCUT2D eigenvalue weighted by atomic mass is 35.5. The maximum absolute atomic E-state index is 12.4. The van der Waals surface area contributed by atoms with E-state index in [1.54, 1.807) is 24.3 Å². The lowest BCUT2D eigenvalue weighted by Gasteiger charge is -2.24. The fraction of sp³-hybridized carbons (Fsp3) is 0.438. The van der Waals surface area contributed by atoms with Crippen molar-refractivity contribution < 1.29 is 19.5 Å². The normalized spacial score (nSPS) is 21.4. The molecule has 1 aliphatic heterocycles. The highest BCUT2D eigenvalue weighted by Gasteiger charge is 2.38. The van der Waals surface area contributed by atoms with Crippen LogP contribution in [0.5, 0.6) is 0 Å². The lowest BCUT2D eigenvalue weighted by Crippen LogP contribution is -2.52. The van der Waals surface area contributed by atoms with E-state index in [1.165, 1.54) is 11.8 Å². The van der Waals surface area contributed by atoms with Gasteiger partial charge in [-0.15, -0.1) is 0 Å². The second kappa shape index (κ2) is 7.63. The minimum Gasteiger partial charge on any atom is -0.391 e. The quantitative estimate of drug-likeness (QED) is 0.682. The maximum atomic E-state index is 12.4. The number of carbonyl (C=O) groups excluding carboxylic acids is 3. The second-order valence-electron chi connectivity index (χ2n) is 5.87. The summed E-state index contributed by atoms with van der Waals surface area (Å²) in [4.78, 5) is 36.9. The topological polar surface area (TPSA) is 113 Å². The number of hydrogen-bond acceptors (Lipinski definition) is 4. The zero-order valence-corrected chi connectivity index (χ0v) is 14.0. The van der Waals surface area contributed by atoms with Crippen LogP contribution in [0.25, 0.3) is 0 Å². The van der Waals surface area contributed by atoms with Crippen molar-refractivity contribution in [2.75, 3.05) is 6.54 Å². The first kappa shape index (κ1) is 18.2. The molecule has 0 aromatic heterocycles. The van der Waals surface area contributed by atoms with E-state index in [9.17, 15) is 19.5 Å². The van der Waals surface area contributed by atoms with Gasteiger partial charge in [0.1, 0.15) is 12.1 Å². The van der Waals surface area contributed by atoms with Crippen molar-refractivity contribution >= 4 is 29.3 Å². The molecule has 24 heavy (non-hydrogen) atoms. The summed E-state index contributed by atoms with van der Waals surface area (Å²) in [5, 5.41) is 12.8. The smallest absolute Gasteiger partial charge is 0.243 e. The summed E-state index contributed by atoms with van der Waals surface area (Å²) in [6, 6.07) is 5.13. The number of primary amides is 1. The third-order valence-electron chi connectivity index (χ3n) is 4.00. The van der Waals surface area contributed by atoms with E-state index in [0.717, 1.165) is 5.56 Å². The minimum absolute atomic E-state index is 0.103. The fourth-order valence-corrected chi connectivity index (χ4v) is 2.88. The van der Waals surface area contributed by atoms with Crippen LogP contribution < -0.4 is 11.1 Å². The molecular weight excluding hydrogens is 334 g/mol. The molecule has 1 saturated heterocycles. The highest BCUT2D eigenvalue weighted by Crippen LogP contribution is 2.18. The molecule has 0 bridgehead atoms. The number of rotatable bonds is 5. The predicted octanol–water partition coefficient (Wildman–Crippen LogP) is -0.166. The van der Waals surface area contributed by atoms with Crippen molar-refractivity contribution in [1.29, 1.82) is 0 Å². The molecule has 4 N–H and O–H groups in total. The number of nitrogens with two attached hydrogens (primary N) is 1. The Morgan fingerprint density at radius 2 is 2.00 bits per heavy atom. The Hall–Kier alpha value is -2.12. The van der Waals surface area contributed by atoms with Crippen molar-refractivity contribution in [2.24, 2.45) is 5.73 Å². The largest absolute Gasteiger partial charge is 0.391 e. The number of benzene rings is 1. The summed E-state index contributed by atoms with van der Waals surface area (Å²) in [6.45, 7) is 1.43. The van der Waals surface area contributed by atoms with Gasteiger partial charge < -0.3 is 21.1 Å². The van der Waals surface area contributed by atoms with Gasteiger partial charge in [-0.2, -0.15) is 0 Å². The number of carbonyl (C=O) groups is 3. The number of nitrogens with zero attached hydrogens (tertiary/aromatic N) is 1. The summed E-state index contributed by atoms with van der Waals surface area (Å²) in [5.41, 5.74) is 6.16. The minimum atomic E-state index is -0.912. The SMILES string of the molecule is CC(=O)N1C[C@H](O)C[C@H]1C(=O)N[C@@H](Cc1ccc(Cl)cc1)C(N)=O. The average molecular weight is 354 g/mol. The number of likely N-dealkylation sites (tertiary alicyclic amines) is 1. The Morgan fingerprint density at radius 3 is 2.54 bits per heavy atom. The van der Waals surface area contributed by atoms with Crippen LogP contribution in [0.2, 0.25) is 5.02 Å². The Balaban J connectivity index is 2.06. The van der Waals surface area contributed by atoms with Crippen molar-refractivity contribution in [3.8, 4) is 0 Å². The molecule has 0 aliphatic carbocycles. The Kier molecular flexibility index (Phi) is 5.80. The molecule has 7 nitrogen and oxygen atoms in total. The molecule has 1 heterocycles. The Labute approximate surface area is 144 Å². The zero-order valence-electron chi connectivity index (χ0n) is 13.2. The molecular formula is C16H20ClN3O4. The van der Waals surface area contributed by atoms with Crippen LogP contribution >= 0.6 is 11.6 Å². The highest BCUT2D eigenvalue weighted by molar-refractivity contribution is 6.30. The van der Waals surface area contributed by atoms with Crippen molar-refractivity contribution in [3.63, 3.8) is 0 Å². The van der Waals surface area contributed by atoms with E-state index in [0.29, 0.717) is 5.02 Å². The van der Waals surface area contributed by atoms with Gasteiger partial charge in [0.05, 0.1) is 6.10 Å². The molecule has 3 atom stereocenters. The summed E-state index contributed by atoms with van der Waals surface area (Å²) in [6.07, 6.45) is -0.404. The molecule has 0 saturated carbocycles. The lowest BCUT2D eigenvalue weighted by atomic mass is 10.0. The third-order valence-corrected chi connectivity index (χ3v) is 4.25. The molecule has 0 radical (unpaired) electrons. The van der Waals surface area contributed by atoms with Crippen molar-refractivity contribution in [2.45, 2.75) is 38.0 Å². The van der Waals surface area contributed by atoms with Crippen LogP contribution in [0.15, 0.2) is 24.3 Å². The van der Waals surface area contributed by atoms with Gasteiger partial charge in [0.2, 0.25) is 17.7 Å². The van der Waals surface area contributed by atoms with E-state index in [2.05, 4.69) is 5.32 Å². The van der Waals surface area contributed by atoms with E-state index < -0.39 is 30.0 Å². The van der Waals surface area contributed by atoms with Gasteiger partial charge in [0.25, 0.3) is 0 Å². The van der Waals surface area contributed by atoms with Crippen molar-refractivity contribution in [3.05, 3.63) is 34.9 Å². The number of hydrogen-bond donors (Lipinski definition) is 3. The number of aliphatic hydroxyl groups excluding tert-OH is 1. The van der Waals surface area contributed by atoms with Crippen LogP contribution in [-0.4, -0.2) is 52.5 Å².